The van der Waals surface area contributed by atoms with Crippen molar-refractivity contribution in [1.29, 1.82) is 0 Å². The van der Waals surface area contributed by atoms with Crippen LogP contribution in [0.5, 0.6) is 0 Å². The Balaban J connectivity index is 2.20. The average molecular weight is 293 g/mol. The molecule has 108 valence electrons. The zero-order chi connectivity index (χ0) is 14.6. The number of benzene rings is 1. The van der Waals surface area contributed by atoms with Gasteiger partial charge in [-0.1, -0.05) is 37.0 Å². The van der Waals surface area contributed by atoms with Crippen molar-refractivity contribution in [3.05, 3.63) is 35.4 Å². The van der Waals surface area contributed by atoms with E-state index in [0.717, 1.165) is 11.1 Å². The Morgan fingerprint density at radius 2 is 2.15 bits per heavy atom. The molecule has 1 aliphatic heterocycles. The van der Waals surface area contributed by atoms with E-state index in [1.54, 1.807) is 0 Å². The van der Waals surface area contributed by atoms with Crippen LogP contribution in [-0.2, 0) is 16.6 Å². The Kier molecular flexibility index (Phi) is 4.81. The first-order valence-electron chi connectivity index (χ1n) is 6.68. The zero-order valence-corrected chi connectivity index (χ0v) is 12.4. The Morgan fingerprint density at radius 3 is 2.80 bits per heavy atom. The number of nitrogens with zero attached hydrogens (tertiary/aromatic N) is 1. The van der Waals surface area contributed by atoms with Crippen molar-refractivity contribution in [2.24, 2.45) is 5.92 Å². The van der Waals surface area contributed by atoms with Gasteiger partial charge in [0.15, 0.2) is 0 Å². The second kappa shape index (κ2) is 6.40. The summed E-state index contributed by atoms with van der Waals surface area (Å²) in [7, 11) is -3.13. The van der Waals surface area contributed by atoms with Crippen LogP contribution in [0, 0.1) is 17.8 Å². The highest BCUT2D eigenvalue weighted by atomic mass is 32.2. The van der Waals surface area contributed by atoms with Gasteiger partial charge in [0.05, 0.1) is 12.4 Å². The van der Waals surface area contributed by atoms with Crippen LogP contribution < -0.4 is 0 Å². The number of sulfonamides is 1. The molecule has 0 radical (unpaired) electrons. The van der Waals surface area contributed by atoms with Crippen LogP contribution in [-0.4, -0.2) is 36.7 Å². The summed E-state index contributed by atoms with van der Waals surface area (Å²) in [5, 5.41) is 8.75. The van der Waals surface area contributed by atoms with Crippen LogP contribution in [0.1, 0.15) is 24.5 Å². The van der Waals surface area contributed by atoms with Crippen molar-refractivity contribution >= 4 is 10.0 Å². The second-order valence-electron chi connectivity index (χ2n) is 5.11. The van der Waals surface area contributed by atoms with Crippen LogP contribution in [0.4, 0.5) is 0 Å². The van der Waals surface area contributed by atoms with Gasteiger partial charge in [-0.15, -0.1) is 0 Å². The molecule has 5 heteroatoms. The first-order valence-corrected chi connectivity index (χ1v) is 8.29. The summed E-state index contributed by atoms with van der Waals surface area (Å²) in [5.41, 5.74) is 1.74. The fourth-order valence-corrected chi connectivity index (χ4v) is 4.18. The molecule has 1 fully saturated rings. The van der Waals surface area contributed by atoms with E-state index in [4.69, 9.17) is 5.11 Å². The highest BCUT2D eigenvalue weighted by Gasteiger charge is 2.33. The minimum absolute atomic E-state index is 0.0349. The Labute approximate surface area is 120 Å². The van der Waals surface area contributed by atoms with Crippen molar-refractivity contribution in [2.45, 2.75) is 19.9 Å². The quantitative estimate of drug-likeness (QED) is 0.852. The van der Waals surface area contributed by atoms with Gasteiger partial charge in [-0.2, -0.15) is 4.31 Å². The van der Waals surface area contributed by atoms with E-state index in [2.05, 4.69) is 11.8 Å². The first-order chi connectivity index (χ1) is 9.53. The van der Waals surface area contributed by atoms with Crippen LogP contribution in [0.15, 0.2) is 24.3 Å². The van der Waals surface area contributed by atoms with Gasteiger partial charge >= 0.3 is 0 Å². The van der Waals surface area contributed by atoms with Crippen molar-refractivity contribution in [3.63, 3.8) is 0 Å². The SMILES string of the molecule is CC1CN(Cc2ccccc2C#CCCO)S(=O)(=O)C1. The molecule has 2 rings (SSSR count). The third-order valence-electron chi connectivity index (χ3n) is 3.23. The van der Waals surface area contributed by atoms with Gasteiger partial charge in [0.2, 0.25) is 10.0 Å². The first kappa shape index (κ1) is 15.0. The van der Waals surface area contributed by atoms with Crippen molar-refractivity contribution in [1.82, 2.24) is 4.31 Å². The molecule has 1 aromatic rings. The van der Waals surface area contributed by atoms with E-state index in [-0.39, 0.29) is 18.3 Å². The number of hydrogen-bond acceptors (Lipinski definition) is 3. The molecule has 20 heavy (non-hydrogen) atoms. The Morgan fingerprint density at radius 1 is 1.40 bits per heavy atom. The molecule has 0 saturated carbocycles. The maximum Gasteiger partial charge on any atom is 0.214 e. The molecular formula is C15H19NO3S. The number of aliphatic hydroxyl groups is 1. The lowest BCUT2D eigenvalue weighted by Gasteiger charge is -2.15. The van der Waals surface area contributed by atoms with Gasteiger partial charge in [0, 0.05) is 25.1 Å². The van der Waals surface area contributed by atoms with Gasteiger partial charge in [-0.3, -0.25) is 0 Å². The molecule has 1 aromatic carbocycles. The van der Waals surface area contributed by atoms with Gasteiger partial charge < -0.3 is 5.11 Å². The average Bonchev–Trinajstić information content (AvgIpc) is 2.64. The van der Waals surface area contributed by atoms with E-state index in [9.17, 15) is 8.42 Å². The highest BCUT2D eigenvalue weighted by molar-refractivity contribution is 7.89. The largest absolute Gasteiger partial charge is 0.395 e. The van der Waals surface area contributed by atoms with Gasteiger partial charge in [-0.05, 0) is 17.5 Å². The molecule has 1 atom stereocenters. The fourth-order valence-electron chi connectivity index (χ4n) is 2.33. The van der Waals surface area contributed by atoms with E-state index < -0.39 is 10.0 Å². The second-order valence-corrected chi connectivity index (χ2v) is 7.12. The van der Waals surface area contributed by atoms with E-state index in [1.165, 1.54) is 4.31 Å². The highest BCUT2D eigenvalue weighted by Crippen LogP contribution is 2.22. The molecule has 1 saturated heterocycles. The smallest absolute Gasteiger partial charge is 0.214 e. The van der Waals surface area contributed by atoms with Gasteiger partial charge in [0.1, 0.15) is 0 Å². The summed E-state index contributed by atoms with van der Waals surface area (Å²) < 4.78 is 25.5. The monoisotopic (exact) mass is 293 g/mol. The maximum atomic E-state index is 12.0. The summed E-state index contributed by atoms with van der Waals surface area (Å²) in [4.78, 5) is 0. The number of hydrogen-bond donors (Lipinski definition) is 1. The number of aliphatic hydroxyl groups excluding tert-OH is 1. The van der Waals surface area contributed by atoms with Crippen molar-refractivity contribution in [2.75, 3.05) is 18.9 Å². The molecule has 1 aliphatic rings. The lowest BCUT2D eigenvalue weighted by molar-refractivity contribution is 0.305. The Hall–Kier alpha value is -1.35. The third-order valence-corrected chi connectivity index (χ3v) is 5.28. The molecule has 0 aromatic heterocycles. The molecule has 0 aliphatic carbocycles. The molecule has 4 nitrogen and oxygen atoms in total. The van der Waals surface area contributed by atoms with Crippen LogP contribution >= 0.6 is 0 Å². The standard InChI is InChI=1S/C15H19NO3S/c1-13-10-16(20(18,19)12-13)11-15-8-3-2-6-14(15)7-4-5-9-17/h2-3,6,8,13,17H,5,9-12H2,1H3. The molecule has 0 spiro atoms. The van der Waals surface area contributed by atoms with Crippen LogP contribution in [0.25, 0.3) is 0 Å². The minimum atomic E-state index is -3.13. The van der Waals surface area contributed by atoms with Crippen LogP contribution in [0.2, 0.25) is 0 Å². The fraction of sp³-hybridized carbons (Fsp3) is 0.467. The normalized spacial score (nSPS) is 21.4. The minimum Gasteiger partial charge on any atom is -0.395 e. The van der Waals surface area contributed by atoms with E-state index >= 15 is 0 Å². The van der Waals surface area contributed by atoms with E-state index in [0.29, 0.717) is 19.5 Å². The molecule has 1 heterocycles. The molecule has 1 N–H and O–H groups in total. The van der Waals surface area contributed by atoms with Gasteiger partial charge in [-0.25, -0.2) is 8.42 Å². The lowest BCUT2D eigenvalue weighted by Crippen LogP contribution is -2.25. The molecule has 0 bridgehead atoms. The van der Waals surface area contributed by atoms with E-state index in [1.807, 2.05) is 31.2 Å². The predicted molar refractivity (Wildman–Crippen MR) is 78.4 cm³/mol. The molecule has 1 unspecified atom stereocenters. The summed E-state index contributed by atoms with van der Waals surface area (Å²) in [6, 6.07) is 7.56. The third kappa shape index (κ3) is 3.60. The lowest BCUT2D eigenvalue weighted by atomic mass is 10.1. The predicted octanol–water partition coefficient (Wildman–Crippen LogP) is 1.20. The summed E-state index contributed by atoms with van der Waals surface area (Å²) in [5.74, 6) is 6.27. The van der Waals surface area contributed by atoms with Crippen molar-refractivity contribution < 1.29 is 13.5 Å². The summed E-state index contributed by atoms with van der Waals surface area (Å²) in [6.45, 7) is 2.93. The summed E-state index contributed by atoms with van der Waals surface area (Å²) >= 11 is 0. The number of rotatable bonds is 3. The zero-order valence-electron chi connectivity index (χ0n) is 11.5. The Bertz CT molecular complexity index is 628. The molecular weight excluding hydrogens is 274 g/mol. The summed E-state index contributed by atoms with van der Waals surface area (Å²) in [6.07, 6.45) is 0.424. The maximum absolute atomic E-state index is 12.0. The van der Waals surface area contributed by atoms with Crippen molar-refractivity contribution in [3.8, 4) is 11.8 Å². The van der Waals surface area contributed by atoms with Gasteiger partial charge in [0.25, 0.3) is 0 Å². The molecule has 0 amide bonds. The van der Waals surface area contributed by atoms with Crippen LogP contribution in [0.3, 0.4) is 0 Å². The topological polar surface area (TPSA) is 57.6 Å².